The SMILES string of the molecule is CCN(CC)Cc1cccc(NC(=O)C2CCCCC2(C)N)c1. The minimum Gasteiger partial charge on any atom is -0.326 e. The van der Waals surface area contributed by atoms with Gasteiger partial charge in [0.15, 0.2) is 0 Å². The largest absolute Gasteiger partial charge is 0.326 e. The second-order valence-electron chi connectivity index (χ2n) is 6.96. The molecule has 2 atom stereocenters. The molecule has 0 aliphatic heterocycles. The van der Waals surface area contributed by atoms with Crippen LogP contribution in [0.4, 0.5) is 5.69 Å². The molecule has 1 aromatic carbocycles. The number of carbonyl (C=O) groups is 1. The maximum absolute atomic E-state index is 12.6. The highest BCUT2D eigenvalue weighted by atomic mass is 16.1. The molecular formula is C19H31N3O. The predicted octanol–water partition coefficient (Wildman–Crippen LogP) is 3.37. The minimum atomic E-state index is -0.388. The van der Waals surface area contributed by atoms with Gasteiger partial charge in [-0.15, -0.1) is 0 Å². The fourth-order valence-corrected chi connectivity index (χ4v) is 3.47. The second kappa shape index (κ2) is 7.93. The Bertz CT molecular complexity index is 523. The topological polar surface area (TPSA) is 58.4 Å². The fourth-order valence-electron chi connectivity index (χ4n) is 3.47. The van der Waals surface area contributed by atoms with Crippen molar-refractivity contribution in [3.05, 3.63) is 29.8 Å². The number of hydrogen-bond donors (Lipinski definition) is 2. The number of hydrogen-bond acceptors (Lipinski definition) is 3. The van der Waals surface area contributed by atoms with Gasteiger partial charge in [-0.05, 0) is 50.6 Å². The quantitative estimate of drug-likeness (QED) is 0.845. The number of benzene rings is 1. The lowest BCUT2D eigenvalue weighted by atomic mass is 9.74. The van der Waals surface area contributed by atoms with Crippen LogP contribution < -0.4 is 11.1 Å². The molecule has 1 aliphatic rings. The van der Waals surface area contributed by atoms with Gasteiger partial charge in [0.25, 0.3) is 0 Å². The molecule has 0 aromatic heterocycles. The Morgan fingerprint density at radius 2 is 2.09 bits per heavy atom. The smallest absolute Gasteiger partial charge is 0.229 e. The van der Waals surface area contributed by atoms with Gasteiger partial charge in [-0.25, -0.2) is 0 Å². The van der Waals surface area contributed by atoms with Crippen molar-refractivity contribution >= 4 is 11.6 Å². The van der Waals surface area contributed by atoms with E-state index >= 15 is 0 Å². The Morgan fingerprint density at radius 1 is 1.35 bits per heavy atom. The van der Waals surface area contributed by atoms with Crippen molar-refractivity contribution in [3.63, 3.8) is 0 Å². The maximum Gasteiger partial charge on any atom is 0.229 e. The third-order valence-corrected chi connectivity index (χ3v) is 5.07. The van der Waals surface area contributed by atoms with Crippen LogP contribution in [0, 0.1) is 5.92 Å². The van der Waals surface area contributed by atoms with Crippen LogP contribution >= 0.6 is 0 Å². The lowest BCUT2D eigenvalue weighted by Crippen LogP contribution is -2.51. The van der Waals surface area contributed by atoms with Gasteiger partial charge in [0.1, 0.15) is 0 Å². The molecule has 23 heavy (non-hydrogen) atoms. The summed E-state index contributed by atoms with van der Waals surface area (Å²) in [6.45, 7) is 9.31. The number of nitrogens with zero attached hydrogens (tertiary/aromatic N) is 1. The first kappa shape index (κ1) is 18.0. The molecular weight excluding hydrogens is 286 g/mol. The van der Waals surface area contributed by atoms with Gasteiger partial charge < -0.3 is 11.1 Å². The first-order chi connectivity index (χ1) is 11.0. The van der Waals surface area contributed by atoms with E-state index in [0.29, 0.717) is 0 Å². The number of anilines is 1. The number of amides is 1. The zero-order valence-electron chi connectivity index (χ0n) is 14.8. The standard InChI is InChI=1S/C19H31N3O/c1-4-22(5-2)14-15-9-8-10-16(13-15)21-18(23)17-11-6-7-12-19(17,3)20/h8-10,13,17H,4-7,11-12,14,20H2,1-3H3,(H,21,23). The fraction of sp³-hybridized carbons (Fsp3) is 0.632. The van der Waals surface area contributed by atoms with Gasteiger partial charge in [-0.1, -0.05) is 38.8 Å². The summed E-state index contributed by atoms with van der Waals surface area (Å²) in [5, 5.41) is 3.08. The molecule has 0 heterocycles. The first-order valence-corrected chi connectivity index (χ1v) is 8.87. The van der Waals surface area contributed by atoms with Crippen molar-refractivity contribution in [1.82, 2.24) is 4.90 Å². The van der Waals surface area contributed by atoms with Gasteiger partial charge in [0.2, 0.25) is 5.91 Å². The van der Waals surface area contributed by atoms with E-state index in [1.807, 2.05) is 19.1 Å². The summed E-state index contributed by atoms with van der Waals surface area (Å²) in [6, 6.07) is 8.16. The Kier molecular flexibility index (Phi) is 6.19. The van der Waals surface area contributed by atoms with E-state index in [2.05, 4.69) is 36.2 Å². The zero-order chi connectivity index (χ0) is 16.9. The van der Waals surface area contributed by atoms with Gasteiger partial charge in [-0.2, -0.15) is 0 Å². The van der Waals surface area contributed by atoms with Crippen molar-refractivity contribution in [2.24, 2.45) is 11.7 Å². The van der Waals surface area contributed by atoms with Gasteiger partial charge in [-0.3, -0.25) is 9.69 Å². The molecule has 2 rings (SSSR count). The average Bonchev–Trinajstić information content (AvgIpc) is 2.52. The highest BCUT2D eigenvalue weighted by molar-refractivity contribution is 5.93. The average molecular weight is 317 g/mol. The molecule has 0 radical (unpaired) electrons. The van der Waals surface area contributed by atoms with Crippen LogP contribution in [0.25, 0.3) is 0 Å². The summed E-state index contributed by atoms with van der Waals surface area (Å²) < 4.78 is 0. The predicted molar refractivity (Wildman–Crippen MR) is 96.2 cm³/mol. The lowest BCUT2D eigenvalue weighted by Gasteiger charge is -2.37. The van der Waals surface area contributed by atoms with Gasteiger partial charge in [0.05, 0.1) is 5.92 Å². The summed E-state index contributed by atoms with van der Waals surface area (Å²) in [7, 11) is 0. The van der Waals surface area contributed by atoms with Gasteiger partial charge >= 0.3 is 0 Å². The summed E-state index contributed by atoms with van der Waals surface area (Å²) in [6.07, 6.45) is 4.02. The Hall–Kier alpha value is -1.39. The van der Waals surface area contributed by atoms with E-state index in [9.17, 15) is 4.79 Å². The molecule has 0 saturated heterocycles. The Labute approximate surface area is 140 Å². The molecule has 4 heteroatoms. The van der Waals surface area contributed by atoms with Crippen LogP contribution in [0.5, 0.6) is 0 Å². The monoisotopic (exact) mass is 317 g/mol. The molecule has 1 amide bonds. The van der Waals surface area contributed by atoms with Crippen molar-refractivity contribution in [2.75, 3.05) is 18.4 Å². The van der Waals surface area contributed by atoms with Crippen LogP contribution in [-0.2, 0) is 11.3 Å². The number of nitrogens with two attached hydrogens (primary N) is 1. The molecule has 1 aliphatic carbocycles. The van der Waals surface area contributed by atoms with E-state index in [-0.39, 0.29) is 17.4 Å². The molecule has 1 aromatic rings. The maximum atomic E-state index is 12.6. The zero-order valence-corrected chi connectivity index (χ0v) is 14.8. The third kappa shape index (κ3) is 4.79. The second-order valence-corrected chi connectivity index (χ2v) is 6.96. The summed E-state index contributed by atoms with van der Waals surface area (Å²) in [5.74, 6) is -0.0302. The first-order valence-electron chi connectivity index (χ1n) is 8.87. The van der Waals surface area contributed by atoms with Crippen LogP contribution in [0.2, 0.25) is 0 Å². The van der Waals surface area contributed by atoms with Gasteiger partial charge in [0, 0.05) is 17.8 Å². The van der Waals surface area contributed by atoms with Crippen molar-refractivity contribution < 1.29 is 4.79 Å². The molecule has 0 spiro atoms. The van der Waals surface area contributed by atoms with Crippen LogP contribution in [0.1, 0.15) is 52.0 Å². The van der Waals surface area contributed by atoms with E-state index in [4.69, 9.17) is 5.73 Å². The van der Waals surface area contributed by atoms with E-state index in [1.165, 1.54) is 5.56 Å². The Morgan fingerprint density at radius 3 is 2.74 bits per heavy atom. The van der Waals surface area contributed by atoms with E-state index in [1.54, 1.807) is 0 Å². The highest BCUT2D eigenvalue weighted by Crippen LogP contribution is 2.32. The summed E-state index contributed by atoms with van der Waals surface area (Å²) in [4.78, 5) is 15.0. The van der Waals surface area contributed by atoms with Crippen LogP contribution in [0.3, 0.4) is 0 Å². The van der Waals surface area contributed by atoms with Crippen LogP contribution in [0.15, 0.2) is 24.3 Å². The molecule has 1 fully saturated rings. The molecule has 4 nitrogen and oxygen atoms in total. The lowest BCUT2D eigenvalue weighted by molar-refractivity contribution is -0.122. The number of nitrogens with one attached hydrogen (secondary N) is 1. The summed E-state index contributed by atoms with van der Waals surface area (Å²) in [5.41, 5.74) is 8.06. The highest BCUT2D eigenvalue weighted by Gasteiger charge is 2.37. The van der Waals surface area contributed by atoms with Crippen molar-refractivity contribution in [2.45, 2.75) is 58.5 Å². The number of carbonyl (C=O) groups excluding carboxylic acids is 1. The number of rotatable bonds is 6. The molecule has 0 bridgehead atoms. The molecule has 3 N–H and O–H groups in total. The molecule has 128 valence electrons. The normalized spacial score (nSPS) is 24.7. The minimum absolute atomic E-state index is 0.0645. The summed E-state index contributed by atoms with van der Waals surface area (Å²) >= 11 is 0. The Balaban J connectivity index is 2.03. The van der Waals surface area contributed by atoms with E-state index in [0.717, 1.165) is 51.0 Å². The van der Waals surface area contributed by atoms with E-state index < -0.39 is 0 Å². The van der Waals surface area contributed by atoms with Crippen molar-refractivity contribution in [1.29, 1.82) is 0 Å². The van der Waals surface area contributed by atoms with Crippen molar-refractivity contribution in [3.8, 4) is 0 Å². The third-order valence-electron chi connectivity index (χ3n) is 5.07. The molecule has 2 unspecified atom stereocenters. The van der Waals surface area contributed by atoms with Crippen LogP contribution in [-0.4, -0.2) is 29.4 Å². The molecule has 1 saturated carbocycles.